The molecule has 1 saturated heterocycles. The molecule has 0 aliphatic carbocycles. The van der Waals surface area contributed by atoms with E-state index in [4.69, 9.17) is 4.55 Å². The summed E-state index contributed by atoms with van der Waals surface area (Å²) in [6.45, 7) is 0.0833. The summed E-state index contributed by atoms with van der Waals surface area (Å²) in [6, 6.07) is 0. The van der Waals surface area contributed by atoms with E-state index in [9.17, 15) is 12.8 Å². The Morgan fingerprint density at radius 3 is 2.40 bits per heavy atom. The van der Waals surface area contributed by atoms with E-state index in [1.807, 2.05) is 0 Å². The van der Waals surface area contributed by atoms with E-state index in [2.05, 4.69) is 0 Å². The highest BCUT2D eigenvalue weighted by Gasteiger charge is 2.32. The fraction of sp³-hybridized carbons (Fsp3) is 1.00. The molecule has 10 heavy (non-hydrogen) atoms. The number of halogens is 1. The highest BCUT2D eigenvalue weighted by atomic mass is 32.2. The van der Waals surface area contributed by atoms with Crippen LogP contribution in [0, 0.1) is 0 Å². The second-order valence-corrected chi connectivity index (χ2v) is 3.53. The predicted molar refractivity (Wildman–Crippen MR) is 32.4 cm³/mol. The summed E-state index contributed by atoms with van der Waals surface area (Å²) < 4.78 is 41.8. The van der Waals surface area contributed by atoms with Crippen LogP contribution in [0.5, 0.6) is 0 Å². The Morgan fingerprint density at radius 2 is 2.20 bits per heavy atom. The Balaban J connectivity index is 2.74. The van der Waals surface area contributed by atoms with Gasteiger partial charge in [-0.25, -0.2) is 4.39 Å². The number of hydrogen-bond donors (Lipinski definition) is 1. The van der Waals surface area contributed by atoms with Crippen molar-refractivity contribution in [3.8, 4) is 0 Å². The van der Waals surface area contributed by atoms with Gasteiger partial charge in [-0.1, -0.05) is 0 Å². The van der Waals surface area contributed by atoms with E-state index < -0.39 is 16.6 Å². The number of nitrogens with zero attached hydrogens (tertiary/aromatic N) is 1. The maximum Gasteiger partial charge on any atom is 0.338 e. The lowest BCUT2D eigenvalue weighted by molar-refractivity contribution is 0.197. The van der Waals surface area contributed by atoms with Crippen LogP contribution in [0.15, 0.2) is 0 Å². The van der Waals surface area contributed by atoms with E-state index >= 15 is 0 Å². The first-order chi connectivity index (χ1) is 4.52. The van der Waals surface area contributed by atoms with Gasteiger partial charge in [0, 0.05) is 6.54 Å². The van der Waals surface area contributed by atoms with E-state index in [1.165, 1.54) is 0 Å². The van der Waals surface area contributed by atoms with E-state index in [0.29, 0.717) is 10.7 Å². The normalized spacial score (nSPS) is 29.2. The number of rotatable bonds is 1. The zero-order valence-electron chi connectivity index (χ0n) is 5.20. The maximum absolute atomic E-state index is 12.5. The van der Waals surface area contributed by atoms with Crippen LogP contribution in [0.25, 0.3) is 0 Å². The monoisotopic (exact) mass is 169 g/mol. The molecule has 1 aliphatic heterocycles. The zero-order chi connectivity index (χ0) is 7.78. The van der Waals surface area contributed by atoms with Crippen LogP contribution in [0.4, 0.5) is 4.39 Å². The first kappa shape index (κ1) is 7.90. The minimum atomic E-state index is -4.29. The summed E-state index contributed by atoms with van der Waals surface area (Å²) in [7, 11) is -4.29. The molecule has 0 aromatic carbocycles. The van der Waals surface area contributed by atoms with Gasteiger partial charge in [0.1, 0.15) is 0 Å². The molecule has 0 aromatic heterocycles. The van der Waals surface area contributed by atoms with Gasteiger partial charge in [0.05, 0.1) is 0 Å². The van der Waals surface area contributed by atoms with Gasteiger partial charge in [0.25, 0.3) is 0 Å². The van der Waals surface area contributed by atoms with Gasteiger partial charge < -0.3 is 0 Å². The van der Waals surface area contributed by atoms with Crippen LogP contribution >= 0.6 is 0 Å². The molecule has 6 heteroatoms. The van der Waals surface area contributed by atoms with Crippen molar-refractivity contribution in [2.24, 2.45) is 0 Å². The van der Waals surface area contributed by atoms with Crippen LogP contribution in [-0.2, 0) is 10.3 Å². The third-order valence-electron chi connectivity index (χ3n) is 1.43. The molecule has 0 radical (unpaired) electrons. The quantitative estimate of drug-likeness (QED) is 0.450. The molecule has 0 aromatic rings. The lowest BCUT2D eigenvalue weighted by atomic mass is 10.4. The molecule has 1 aliphatic rings. The van der Waals surface area contributed by atoms with Crippen molar-refractivity contribution in [1.82, 2.24) is 4.31 Å². The van der Waals surface area contributed by atoms with Crippen molar-refractivity contribution in [2.75, 3.05) is 6.54 Å². The molecule has 0 spiro atoms. The van der Waals surface area contributed by atoms with E-state index in [1.54, 1.807) is 0 Å². The Kier molecular flexibility index (Phi) is 1.93. The van der Waals surface area contributed by atoms with E-state index in [0.717, 1.165) is 0 Å². The number of hydrogen-bond acceptors (Lipinski definition) is 2. The van der Waals surface area contributed by atoms with Crippen molar-refractivity contribution in [3.63, 3.8) is 0 Å². The topological polar surface area (TPSA) is 57.6 Å². The molecule has 0 saturated carbocycles. The standard InChI is InChI=1S/C4H8FNO3S/c5-4-2-1-3-6(4)10(7,8)9/h4H,1-3H2,(H,7,8,9). The third kappa shape index (κ3) is 1.44. The highest BCUT2D eigenvalue weighted by Crippen LogP contribution is 2.20. The summed E-state index contributed by atoms with van der Waals surface area (Å²) in [5.41, 5.74) is 0. The summed E-state index contributed by atoms with van der Waals surface area (Å²) in [4.78, 5) is 0. The molecule has 0 amide bonds. The molecular formula is C4H8FNO3S. The second kappa shape index (κ2) is 2.44. The SMILES string of the molecule is O=S(=O)(O)N1CCCC1F. The highest BCUT2D eigenvalue weighted by molar-refractivity contribution is 7.83. The average Bonchev–Trinajstić information content (AvgIpc) is 2.11. The van der Waals surface area contributed by atoms with Crippen LogP contribution in [0.1, 0.15) is 12.8 Å². The summed E-state index contributed by atoms with van der Waals surface area (Å²) in [6.07, 6.45) is -0.879. The second-order valence-electron chi connectivity index (χ2n) is 2.17. The smallest absolute Gasteiger partial charge is 0.273 e. The van der Waals surface area contributed by atoms with E-state index in [-0.39, 0.29) is 13.0 Å². The zero-order valence-corrected chi connectivity index (χ0v) is 6.01. The Hall–Kier alpha value is -0.200. The number of alkyl halides is 1. The summed E-state index contributed by atoms with van der Waals surface area (Å²) in [5, 5.41) is 0. The molecule has 1 N–H and O–H groups in total. The van der Waals surface area contributed by atoms with Gasteiger partial charge in [-0.2, -0.15) is 8.42 Å². The first-order valence-corrected chi connectivity index (χ1v) is 4.30. The maximum atomic E-state index is 12.5. The molecule has 1 rings (SSSR count). The average molecular weight is 169 g/mol. The minimum Gasteiger partial charge on any atom is -0.273 e. The molecule has 60 valence electrons. The Labute approximate surface area is 58.5 Å². The van der Waals surface area contributed by atoms with Gasteiger partial charge in [-0.3, -0.25) is 4.55 Å². The van der Waals surface area contributed by atoms with Crippen molar-refractivity contribution in [3.05, 3.63) is 0 Å². The molecular weight excluding hydrogens is 161 g/mol. The predicted octanol–water partition coefficient (Wildman–Crippen LogP) is 0.181. The first-order valence-electron chi connectivity index (χ1n) is 2.90. The van der Waals surface area contributed by atoms with Gasteiger partial charge in [0.2, 0.25) is 0 Å². The molecule has 1 fully saturated rings. The van der Waals surface area contributed by atoms with Crippen LogP contribution < -0.4 is 0 Å². The molecule has 1 heterocycles. The largest absolute Gasteiger partial charge is 0.338 e. The van der Waals surface area contributed by atoms with Crippen LogP contribution in [0.2, 0.25) is 0 Å². The van der Waals surface area contributed by atoms with Gasteiger partial charge >= 0.3 is 10.3 Å². The van der Waals surface area contributed by atoms with Crippen molar-refractivity contribution in [2.45, 2.75) is 19.1 Å². The summed E-state index contributed by atoms with van der Waals surface area (Å²) in [5.74, 6) is 0. The molecule has 1 atom stereocenters. The van der Waals surface area contributed by atoms with Crippen LogP contribution in [-0.4, -0.2) is 30.1 Å². The van der Waals surface area contributed by atoms with Gasteiger partial charge in [-0.05, 0) is 12.8 Å². The van der Waals surface area contributed by atoms with Crippen molar-refractivity contribution < 1.29 is 17.4 Å². The van der Waals surface area contributed by atoms with Crippen LogP contribution in [0.3, 0.4) is 0 Å². The fourth-order valence-electron chi connectivity index (χ4n) is 0.960. The van der Waals surface area contributed by atoms with Crippen molar-refractivity contribution in [1.29, 1.82) is 0 Å². The Bertz CT molecular complexity index is 215. The fourth-order valence-corrected chi connectivity index (χ4v) is 1.71. The molecule has 4 nitrogen and oxygen atoms in total. The molecule has 1 unspecified atom stereocenters. The molecule has 0 bridgehead atoms. The minimum absolute atomic E-state index is 0.0833. The lowest BCUT2D eigenvalue weighted by Crippen LogP contribution is -2.32. The Morgan fingerprint density at radius 1 is 1.60 bits per heavy atom. The van der Waals surface area contributed by atoms with Gasteiger partial charge in [-0.15, -0.1) is 4.31 Å². The van der Waals surface area contributed by atoms with Gasteiger partial charge in [0.15, 0.2) is 6.30 Å². The summed E-state index contributed by atoms with van der Waals surface area (Å²) >= 11 is 0. The van der Waals surface area contributed by atoms with Crippen molar-refractivity contribution >= 4 is 10.3 Å². The third-order valence-corrected chi connectivity index (χ3v) is 2.43. The lowest BCUT2D eigenvalue weighted by Gasteiger charge is -2.12.